The van der Waals surface area contributed by atoms with Crippen LogP contribution >= 0.6 is 24.0 Å². The summed E-state index contributed by atoms with van der Waals surface area (Å²) >= 11 is 0. The van der Waals surface area contributed by atoms with Gasteiger partial charge < -0.3 is 19.9 Å². The van der Waals surface area contributed by atoms with Crippen LogP contribution in [0.3, 0.4) is 0 Å². The third-order valence-corrected chi connectivity index (χ3v) is 3.70. The zero-order valence-electron chi connectivity index (χ0n) is 12.4. The molecule has 2 fully saturated rings. The van der Waals surface area contributed by atoms with Crippen LogP contribution in [0.1, 0.15) is 49.4 Å². The van der Waals surface area contributed by atoms with Crippen LogP contribution in [0.2, 0.25) is 0 Å². The molecule has 2 heterocycles. The number of guanidine groups is 1. The molecule has 0 amide bonds. The van der Waals surface area contributed by atoms with Crippen LogP contribution in [0, 0.1) is 0 Å². The van der Waals surface area contributed by atoms with Gasteiger partial charge in [0.1, 0.15) is 6.10 Å². The maximum Gasteiger partial charge on any atom is 0.255 e. The summed E-state index contributed by atoms with van der Waals surface area (Å²) in [6.45, 7) is 0.574. The minimum atomic E-state index is -0.0872. The molecule has 0 bridgehead atoms. The number of hydrogen-bond donors (Lipinski definition) is 1. The molecule has 1 aromatic rings. The monoisotopic (exact) mass is 407 g/mol. The molecule has 2 aliphatic rings. The van der Waals surface area contributed by atoms with Crippen molar-refractivity contribution in [2.24, 2.45) is 10.7 Å². The molecule has 118 valence electrons. The van der Waals surface area contributed by atoms with Crippen LogP contribution in [-0.2, 0) is 4.74 Å². The van der Waals surface area contributed by atoms with E-state index in [1.807, 2.05) is 14.1 Å². The predicted molar refractivity (Wildman–Crippen MR) is 88.7 cm³/mol. The molecule has 1 aromatic heterocycles. The molecule has 0 radical (unpaired) electrons. The molecule has 1 saturated carbocycles. The van der Waals surface area contributed by atoms with Crippen molar-refractivity contribution in [3.63, 3.8) is 0 Å². The van der Waals surface area contributed by atoms with Crippen molar-refractivity contribution in [1.82, 2.24) is 15.0 Å². The molecular formula is C13H22IN5O2. The van der Waals surface area contributed by atoms with Crippen molar-refractivity contribution in [2.45, 2.75) is 43.8 Å². The first kappa shape index (κ1) is 16.5. The maximum absolute atomic E-state index is 5.91. The van der Waals surface area contributed by atoms with Gasteiger partial charge in [-0.25, -0.2) is 0 Å². The normalized spacial score (nSPS) is 25.7. The van der Waals surface area contributed by atoms with Gasteiger partial charge in [0, 0.05) is 20.0 Å². The van der Waals surface area contributed by atoms with Crippen molar-refractivity contribution < 1.29 is 9.26 Å². The van der Waals surface area contributed by atoms with E-state index < -0.39 is 0 Å². The standard InChI is InChI=1S/C13H21N5O2.HI/c1-18(2)13(14)15-7-9-5-6-10(19-9)12-16-11(17-20-12)8-3-4-8;/h8-10H,3-7H2,1-2H3,(H2,14,15);1H/t9-,10+;/m1./s1. The Morgan fingerprint density at radius 3 is 2.76 bits per heavy atom. The van der Waals surface area contributed by atoms with E-state index in [0.717, 1.165) is 18.7 Å². The van der Waals surface area contributed by atoms with E-state index in [2.05, 4.69) is 15.1 Å². The Morgan fingerprint density at radius 1 is 1.33 bits per heavy atom. The highest BCUT2D eigenvalue weighted by Gasteiger charge is 2.34. The first-order valence-electron chi connectivity index (χ1n) is 7.09. The Morgan fingerprint density at radius 2 is 2.10 bits per heavy atom. The minimum absolute atomic E-state index is 0. The molecule has 21 heavy (non-hydrogen) atoms. The van der Waals surface area contributed by atoms with Gasteiger partial charge in [-0.2, -0.15) is 4.98 Å². The van der Waals surface area contributed by atoms with Gasteiger partial charge in [-0.15, -0.1) is 24.0 Å². The molecule has 8 heteroatoms. The molecule has 1 saturated heterocycles. The topological polar surface area (TPSA) is 89.8 Å². The lowest BCUT2D eigenvalue weighted by atomic mass is 10.2. The highest BCUT2D eigenvalue weighted by atomic mass is 127. The molecule has 0 spiro atoms. The third kappa shape index (κ3) is 4.06. The Balaban J connectivity index is 0.00000161. The number of halogens is 1. The summed E-state index contributed by atoms with van der Waals surface area (Å²) in [7, 11) is 3.74. The summed E-state index contributed by atoms with van der Waals surface area (Å²) < 4.78 is 11.2. The Hall–Kier alpha value is -0.900. The second kappa shape index (κ2) is 6.91. The van der Waals surface area contributed by atoms with Gasteiger partial charge in [0.15, 0.2) is 11.8 Å². The van der Waals surface area contributed by atoms with Gasteiger partial charge in [-0.05, 0) is 25.7 Å². The number of nitrogens with two attached hydrogens (primary N) is 1. The summed E-state index contributed by atoms with van der Waals surface area (Å²) in [6.07, 6.45) is 4.17. The lowest BCUT2D eigenvalue weighted by Crippen LogP contribution is -2.31. The summed E-state index contributed by atoms with van der Waals surface area (Å²) in [5.41, 5.74) is 5.76. The zero-order chi connectivity index (χ0) is 14.1. The number of rotatable bonds is 4. The molecule has 7 nitrogen and oxygen atoms in total. The second-order valence-electron chi connectivity index (χ2n) is 5.68. The summed E-state index contributed by atoms with van der Waals surface area (Å²) in [4.78, 5) is 10.5. The molecule has 2 atom stereocenters. The van der Waals surface area contributed by atoms with Crippen LogP contribution < -0.4 is 5.73 Å². The van der Waals surface area contributed by atoms with E-state index in [0.29, 0.717) is 24.3 Å². The lowest BCUT2D eigenvalue weighted by molar-refractivity contribution is 0.0308. The maximum atomic E-state index is 5.91. The van der Waals surface area contributed by atoms with Crippen LogP contribution in [0.5, 0.6) is 0 Å². The fourth-order valence-corrected chi connectivity index (χ4v) is 2.24. The number of hydrogen-bond acceptors (Lipinski definition) is 5. The van der Waals surface area contributed by atoms with E-state index >= 15 is 0 Å². The van der Waals surface area contributed by atoms with Crippen molar-refractivity contribution in [3.8, 4) is 0 Å². The van der Waals surface area contributed by atoms with Gasteiger partial charge in [0.25, 0.3) is 5.89 Å². The van der Waals surface area contributed by atoms with Gasteiger partial charge in [0.2, 0.25) is 0 Å². The SMILES string of the molecule is CN(C)C(N)=NC[C@H]1CC[C@@H](c2nc(C3CC3)no2)O1.I. The van der Waals surface area contributed by atoms with Crippen molar-refractivity contribution in [2.75, 3.05) is 20.6 Å². The molecule has 1 aliphatic heterocycles. The Bertz CT molecular complexity index is 501. The van der Waals surface area contributed by atoms with E-state index in [1.165, 1.54) is 12.8 Å². The molecule has 0 unspecified atom stereocenters. The Kier molecular flexibility index (Phi) is 5.42. The largest absolute Gasteiger partial charge is 0.370 e. The number of nitrogens with zero attached hydrogens (tertiary/aromatic N) is 4. The zero-order valence-corrected chi connectivity index (χ0v) is 14.7. The van der Waals surface area contributed by atoms with Crippen molar-refractivity contribution in [3.05, 3.63) is 11.7 Å². The molecule has 0 aromatic carbocycles. The highest BCUT2D eigenvalue weighted by Crippen LogP contribution is 2.39. The fourth-order valence-electron chi connectivity index (χ4n) is 2.24. The first-order valence-corrected chi connectivity index (χ1v) is 7.09. The molecule has 1 aliphatic carbocycles. The van der Waals surface area contributed by atoms with Gasteiger partial charge in [-0.1, -0.05) is 5.16 Å². The molecular weight excluding hydrogens is 385 g/mol. The number of aromatic nitrogens is 2. The number of aliphatic imine (C=N–C) groups is 1. The minimum Gasteiger partial charge on any atom is -0.370 e. The average Bonchev–Trinajstić information content (AvgIpc) is 2.99. The third-order valence-electron chi connectivity index (χ3n) is 3.70. The number of ether oxygens (including phenoxy) is 1. The smallest absolute Gasteiger partial charge is 0.255 e. The molecule has 2 N–H and O–H groups in total. The quantitative estimate of drug-likeness (QED) is 0.464. The Labute approximate surface area is 141 Å². The van der Waals surface area contributed by atoms with Crippen LogP contribution in [0.25, 0.3) is 0 Å². The predicted octanol–water partition coefficient (Wildman–Crippen LogP) is 1.66. The lowest BCUT2D eigenvalue weighted by Gasteiger charge is -2.13. The van der Waals surface area contributed by atoms with Crippen LogP contribution in [-0.4, -0.2) is 47.7 Å². The fraction of sp³-hybridized carbons (Fsp3) is 0.769. The summed E-state index contributed by atoms with van der Waals surface area (Å²) in [5.74, 6) is 2.47. The van der Waals surface area contributed by atoms with Gasteiger partial charge >= 0.3 is 0 Å². The van der Waals surface area contributed by atoms with Crippen LogP contribution in [0.15, 0.2) is 9.52 Å². The van der Waals surface area contributed by atoms with E-state index in [4.69, 9.17) is 15.0 Å². The summed E-state index contributed by atoms with van der Waals surface area (Å²) in [6, 6.07) is 0. The van der Waals surface area contributed by atoms with Crippen molar-refractivity contribution in [1.29, 1.82) is 0 Å². The average molecular weight is 407 g/mol. The molecule has 3 rings (SSSR count). The van der Waals surface area contributed by atoms with E-state index in [-0.39, 0.29) is 36.2 Å². The highest BCUT2D eigenvalue weighted by molar-refractivity contribution is 14.0. The van der Waals surface area contributed by atoms with E-state index in [1.54, 1.807) is 4.90 Å². The van der Waals surface area contributed by atoms with E-state index in [9.17, 15) is 0 Å². The summed E-state index contributed by atoms with van der Waals surface area (Å²) in [5, 5.41) is 4.02. The van der Waals surface area contributed by atoms with Crippen LogP contribution in [0.4, 0.5) is 0 Å². The van der Waals surface area contributed by atoms with Gasteiger partial charge in [0.05, 0.1) is 12.6 Å². The van der Waals surface area contributed by atoms with Crippen molar-refractivity contribution >= 4 is 29.9 Å². The van der Waals surface area contributed by atoms with Gasteiger partial charge in [-0.3, -0.25) is 4.99 Å². The second-order valence-corrected chi connectivity index (χ2v) is 5.68. The first-order chi connectivity index (χ1) is 9.63.